The molecule has 5 heteroatoms. The van der Waals surface area contributed by atoms with Crippen molar-refractivity contribution in [2.75, 3.05) is 11.1 Å². The van der Waals surface area contributed by atoms with E-state index in [1.165, 1.54) is 0 Å². The Kier molecular flexibility index (Phi) is 4.63. The van der Waals surface area contributed by atoms with Gasteiger partial charge in [0.25, 0.3) is 0 Å². The maximum atomic E-state index is 11.9. The lowest BCUT2D eigenvalue weighted by Gasteiger charge is -2.21. The summed E-state index contributed by atoms with van der Waals surface area (Å²) in [4.78, 5) is 11.9. The summed E-state index contributed by atoms with van der Waals surface area (Å²) in [5.41, 5.74) is 6.93. The van der Waals surface area contributed by atoms with E-state index in [-0.39, 0.29) is 12.1 Å². The number of nitrogens with two attached hydrogens (primary N) is 1. The van der Waals surface area contributed by atoms with E-state index in [0.29, 0.717) is 11.4 Å². The number of amides is 2. The van der Waals surface area contributed by atoms with E-state index in [0.717, 1.165) is 32.1 Å². The van der Waals surface area contributed by atoms with E-state index in [9.17, 15) is 9.90 Å². The van der Waals surface area contributed by atoms with Gasteiger partial charge in [0, 0.05) is 11.4 Å². The highest BCUT2D eigenvalue weighted by Crippen LogP contribution is 2.18. The van der Waals surface area contributed by atoms with Gasteiger partial charge in [-0.05, 0) is 37.1 Å². The monoisotopic (exact) mass is 263 g/mol. The topological polar surface area (TPSA) is 87.4 Å². The number of benzene rings is 1. The predicted molar refractivity (Wildman–Crippen MR) is 75.9 cm³/mol. The van der Waals surface area contributed by atoms with Crippen molar-refractivity contribution in [1.29, 1.82) is 0 Å². The Morgan fingerprint density at radius 1 is 1.16 bits per heavy atom. The third kappa shape index (κ3) is 4.13. The molecule has 0 aromatic heterocycles. The minimum absolute atomic E-state index is 0.156. The van der Waals surface area contributed by atoms with Crippen LogP contribution in [0, 0.1) is 0 Å². The molecule has 1 saturated carbocycles. The molecule has 0 spiro atoms. The maximum absolute atomic E-state index is 11.9. The lowest BCUT2D eigenvalue weighted by molar-refractivity contribution is 0.124. The molecule has 5 N–H and O–H groups in total. The fourth-order valence-corrected chi connectivity index (χ4v) is 2.36. The summed E-state index contributed by atoms with van der Waals surface area (Å²) in [6.07, 6.45) is 4.33. The number of rotatable bonds is 2. The van der Waals surface area contributed by atoms with E-state index in [1.54, 1.807) is 24.3 Å². The molecule has 0 saturated heterocycles. The molecule has 0 bridgehead atoms. The van der Waals surface area contributed by atoms with Crippen LogP contribution < -0.4 is 16.4 Å². The third-order valence-electron chi connectivity index (χ3n) is 3.46. The van der Waals surface area contributed by atoms with Gasteiger partial charge in [-0.2, -0.15) is 0 Å². The predicted octanol–water partition coefficient (Wildman–Crippen LogP) is 2.08. The van der Waals surface area contributed by atoms with Gasteiger partial charge < -0.3 is 21.5 Å². The van der Waals surface area contributed by atoms with Crippen LogP contribution in [0.1, 0.15) is 32.1 Å². The van der Waals surface area contributed by atoms with Crippen LogP contribution in [-0.4, -0.2) is 23.3 Å². The van der Waals surface area contributed by atoms with Gasteiger partial charge >= 0.3 is 6.03 Å². The Bertz CT molecular complexity index is 419. The van der Waals surface area contributed by atoms with Crippen molar-refractivity contribution in [3.05, 3.63) is 24.3 Å². The maximum Gasteiger partial charge on any atom is 0.319 e. The Balaban J connectivity index is 1.87. The normalized spacial score (nSPS) is 23.4. The van der Waals surface area contributed by atoms with Crippen LogP contribution in [0.4, 0.5) is 16.2 Å². The minimum atomic E-state index is -0.445. The molecule has 2 atom stereocenters. The Hall–Kier alpha value is -1.75. The molecule has 1 aliphatic carbocycles. The number of aliphatic hydroxyl groups is 1. The quantitative estimate of drug-likeness (QED) is 0.486. The molecule has 2 unspecified atom stereocenters. The number of urea groups is 1. The fraction of sp³-hybridized carbons (Fsp3) is 0.500. The average molecular weight is 263 g/mol. The van der Waals surface area contributed by atoms with Gasteiger partial charge in [0.1, 0.15) is 0 Å². The number of nitrogens with one attached hydrogen (secondary N) is 2. The molecular formula is C14H21N3O2. The minimum Gasteiger partial charge on any atom is -0.399 e. The molecule has 5 nitrogen and oxygen atoms in total. The first kappa shape index (κ1) is 13.7. The van der Waals surface area contributed by atoms with Crippen LogP contribution in [0.5, 0.6) is 0 Å². The van der Waals surface area contributed by atoms with Crippen LogP contribution in [-0.2, 0) is 0 Å². The zero-order valence-corrected chi connectivity index (χ0v) is 10.9. The van der Waals surface area contributed by atoms with Gasteiger partial charge in [-0.1, -0.05) is 19.3 Å². The van der Waals surface area contributed by atoms with Crippen LogP contribution in [0.15, 0.2) is 24.3 Å². The first-order valence-electron chi connectivity index (χ1n) is 6.76. The van der Waals surface area contributed by atoms with Gasteiger partial charge in [-0.15, -0.1) is 0 Å². The molecule has 0 radical (unpaired) electrons. The SMILES string of the molecule is Nc1ccc(NC(=O)NC2CCCCCC2O)cc1. The van der Waals surface area contributed by atoms with Gasteiger partial charge in [-0.3, -0.25) is 0 Å². The number of aliphatic hydroxyl groups excluding tert-OH is 1. The smallest absolute Gasteiger partial charge is 0.319 e. The van der Waals surface area contributed by atoms with Crippen molar-refractivity contribution in [1.82, 2.24) is 5.32 Å². The summed E-state index contributed by atoms with van der Waals surface area (Å²) in [6.45, 7) is 0. The van der Waals surface area contributed by atoms with E-state index >= 15 is 0 Å². The fourth-order valence-electron chi connectivity index (χ4n) is 2.36. The number of carbonyl (C=O) groups excluding carboxylic acids is 1. The standard InChI is InChI=1S/C14H21N3O2/c15-10-6-8-11(9-7-10)16-14(19)17-12-4-2-1-3-5-13(12)18/h6-9,12-13,18H,1-5,15H2,(H2,16,17,19). The number of hydrogen-bond donors (Lipinski definition) is 4. The van der Waals surface area contributed by atoms with Crippen LogP contribution in [0.2, 0.25) is 0 Å². The van der Waals surface area contributed by atoms with Crippen molar-refractivity contribution in [2.45, 2.75) is 44.2 Å². The van der Waals surface area contributed by atoms with E-state index in [1.807, 2.05) is 0 Å². The van der Waals surface area contributed by atoms with Crippen LogP contribution in [0.3, 0.4) is 0 Å². The summed E-state index contributed by atoms with van der Waals surface area (Å²) in [5, 5.41) is 15.5. The van der Waals surface area contributed by atoms with Crippen molar-refractivity contribution < 1.29 is 9.90 Å². The summed E-state index contributed by atoms with van der Waals surface area (Å²) in [5.74, 6) is 0. The Morgan fingerprint density at radius 3 is 2.58 bits per heavy atom. The van der Waals surface area contributed by atoms with Crippen LogP contribution >= 0.6 is 0 Å². The number of nitrogen functional groups attached to an aromatic ring is 1. The molecule has 0 aliphatic heterocycles. The molecule has 0 heterocycles. The van der Waals surface area contributed by atoms with Gasteiger partial charge in [-0.25, -0.2) is 4.79 Å². The summed E-state index contributed by atoms with van der Waals surface area (Å²) in [7, 11) is 0. The number of anilines is 2. The van der Waals surface area contributed by atoms with Gasteiger partial charge in [0.15, 0.2) is 0 Å². The summed E-state index contributed by atoms with van der Waals surface area (Å²) >= 11 is 0. The van der Waals surface area contributed by atoms with E-state index in [4.69, 9.17) is 5.73 Å². The average Bonchev–Trinajstić information content (AvgIpc) is 2.58. The lowest BCUT2D eigenvalue weighted by atomic mass is 10.1. The largest absolute Gasteiger partial charge is 0.399 e. The van der Waals surface area contributed by atoms with Crippen molar-refractivity contribution in [3.8, 4) is 0 Å². The highest BCUT2D eigenvalue weighted by molar-refractivity contribution is 5.89. The van der Waals surface area contributed by atoms with E-state index < -0.39 is 6.10 Å². The highest BCUT2D eigenvalue weighted by atomic mass is 16.3. The van der Waals surface area contributed by atoms with Crippen LogP contribution in [0.25, 0.3) is 0 Å². The molecular weight excluding hydrogens is 242 g/mol. The number of hydrogen-bond acceptors (Lipinski definition) is 3. The summed E-state index contributed by atoms with van der Waals surface area (Å²) < 4.78 is 0. The molecule has 1 aliphatic rings. The Labute approximate surface area is 113 Å². The lowest BCUT2D eigenvalue weighted by Crippen LogP contribution is -2.44. The first-order valence-corrected chi connectivity index (χ1v) is 6.76. The van der Waals surface area contributed by atoms with Gasteiger partial charge in [0.05, 0.1) is 12.1 Å². The second-order valence-electron chi connectivity index (χ2n) is 5.03. The highest BCUT2D eigenvalue weighted by Gasteiger charge is 2.22. The zero-order valence-electron chi connectivity index (χ0n) is 10.9. The second kappa shape index (κ2) is 6.43. The third-order valence-corrected chi connectivity index (χ3v) is 3.46. The van der Waals surface area contributed by atoms with Crippen molar-refractivity contribution in [2.24, 2.45) is 0 Å². The Morgan fingerprint density at radius 2 is 1.84 bits per heavy atom. The molecule has 1 aromatic rings. The summed E-state index contributed by atoms with van der Waals surface area (Å²) in [6, 6.07) is 6.52. The van der Waals surface area contributed by atoms with Crippen molar-refractivity contribution in [3.63, 3.8) is 0 Å². The molecule has 104 valence electrons. The first-order chi connectivity index (χ1) is 9.15. The van der Waals surface area contributed by atoms with Gasteiger partial charge in [0.2, 0.25) is 0 Å². The molecule has 2 amide bonds. The van der Waals surface area contributed by atoms with E-state index in [2.05, 4.69) is 10.6 Å². The molecule has 2 rings (SSSR count). The zero-order chi connectivity index (χ0) is 13.7. The molecule has 19 heavy (non-hydrogen) atoms. The number of carbonyl (C=O) groups is 1. The second-order valence-corrected chi connectivity index (χ2v) is 5.03. The molecule has 1 aromatic carbocycles. The van der Waals surface area contributed by atoms with Crippen molar-refractivity contribution >= 4 is 17.4 Å². The molecule has 1 fully saturated rings.